The Morgan fingerprint density at radius 1 is 0.692 bits per heavy atom. The van der Waals surface area contributed by atoms with Crippen LogP contribution in [0.15, 0.2) is 24.3 Å². The van der Waals surface area contributed by atoms with E-state index >= 15 is 0 Å². The van der Waals surface area contributed by atoms with Gasteiger partial charge in [-0.3, -0.25) is 9.59 Å². The first kappa shape index (κ1) is 22.7. The third kappa shape index (κ3) is 5.33. The fraction of sp³-hybridized carbons (Fsp3) is 0.556. The Morgan fingerprint density at radius 2 is 0.962 bits per heavy atom. The molecule has 0 unspecified atom stereocenters. The van der Waals surface area contributed by atoms with E-state index in [0.29, 0.717) is 37.3 Å². The lowest BCUT2D eigenvalue weighted by molar-refractivity contribution is 0.0702. The number of nitrogens with zero attached hydrogens (tertiary/aromatic N) is 2. The van der Waals surface area contributed by atoms with Crippen LogP contribution in [0, 0.1) is 0 Å². The highest BCUT2D eigenvalue weighted by atomic mass is 35.5. The van der Waals surface area contributed by atoms with Crippen molar-refractivity contribution in [3.63, 3.8) is 0 Å². The predicted octanol–water partition coefficient (Wildman–Crippen LogP) is 1.66. The summed E-state index contributed by atoms with van der Waals surface area (Å²) in [6, 6.07) is 7.40. The van der Waals surface area contributed by atoms with Crippen LogP contribution >= 0.6 is 24.8 Å². The molecule has 2 fully saturated rings. The maximum Gasteiger partial charge on any atom is 0.253 e. The van der Waals surface area contributed by atoms with E-state index in [1.54, 1.807) is 24.3 Å². The summed E-state index contributed by atoms with van der Waals surface area (Å²) in [5, 5.41) is 0. The smallest absolute Gasteiger partial charge is 0.253 e. The zero-order valence-electron chi connectivity index (χ0n) is 14.8. The van der Waals surface area contributed by atoms with Gasteiger partial charge in [-0.15, -0.1) is 24.8 Å². The van der Waals surface area contributed by atoms with Crippen molar-refractivity contribution < 1.29 is 9.59 Å². The molecule has 0 radical (unpaired) electrons. The summed E-state index contributed by atoms with van der Waals surface area (Å²) < 4.78 is 0. The Balaban J connectivity index is 0.00000169. The van der Waals surface area contributed by atoms with Gasteiger partial charge in [0.1, 0.15) is 0 Å². The van der Waals surface area contributed by atoms with Crippen molar-refractivity contribution in [1.29, 1.82) is 0 Å². The fourth-order valence-electron chi connectivity index (χ4n) is 3.33. The molecule has 2 aliphatic heterocycles. The van der Waals surface area contributed by atoms with Crippen molar-refractivity contribution in [3.05, 3.63) is 35.4 Å². The van der Waals surface area contributed by atoms with E-state index in [1.807, 2.05) is 9.80 Å². The van der Waals surface area contributed by atoms with E-state index in [4.69, 9.17) is 11.5 Å². The van der Waals surface area contributed by atoms with Gasteiger partial charge >= 0.3 is 0 Å². The molecule has 0 bridgehead atoms. The molecular formula is C18H28Cl2N4O2. The molecule has 2 amide bonds. The third-order valence-electron chi connectivity index (χ3n) is 5.03. The second-order valence-electron chi connectivity index (χ2n) is 6.84. The maximum atomic E-state index is 12.5. The highest BCUT2D eigenvalue weighted by Crippen LogP contribution is 2.16. The number of carbonyl (C=O) groups excluding carboxylic acids is 2. The van der Waals surface area contributed by atoms with Crippen molar-refractivity contribution >= 4 is 36.6 Å². The minimum atomic E-state index is 0. The molecule has 4 N–H and O–H groups in total. The van der Waals surface area contributed by atoms with Crippen molar-refractivity contribution in [2.24, 2.45) is 11.5 Å². The number of rotatable bonds is 2. The maximum absolute atomic E-state index is 12.5. The Labute approximate surface area is 167 Å². The minimum absolute atomic E-state index is 0. The molecular weight excluding hydrogens is 375 g/mol. The Bertz CT molecular complexity index is 543. The minimum Gasteiger partial charge on any atom is -0.339 e. The summed E-state index contributed by atoms with van der Waals surface area (Å²) in [6.45, 7) is 2.81. The molecule has 0 atom stereocenters. The number of piperidine rings is 2. The van der Waals surface area contributed by atoms with Crippen molar-refractivity contribution in [2.75, 3.05) is 26.2 Å². The predicted molar refractivity (Wildman–Crippen MR) is 107 cm³/mol. The van der Waals surface area contributed by atoms with Gasteiger partial charge in [-0.1, -0.05) is 0 Å². The molecule has 2 aliphatic rings. The number of hydrogen-bond donors (Lipinski definition) is 2. The lowest BCUT2D eigenvalue weighted by atomic mass is 10.0. The van der Waals surface area contributed by atoms with E-state index in [1.165, 1.54) is 0 Å². The van der Waals surface area contributed by atoms with Crippen molar-refractivity contribution in [3.8, 4) is 0 Å². The van der Waals surface area contributed by atoms with E-state index in [9.17, 15) is 9.59 Å². The molecule has 0 saturated carbocycles. The molecule has 3 rings (SSSR count). The SMILES string of the molecule is Cl.Cl.NC1CCN(C(=O)c2ccc(C(=O)N3CCC(N)CC3)cc2)CC1. The monoisotopic (exact) mass is 402 g/mol. The Hall–Kier alpha value is -1.34. The molecule has 0 spiro atoms. The van der Waals surface area contributed by atoms with E-state index < -0.39 is 0 Å². The number of hydrogen-bond acceptors (Lipinski definition) is 4. The standard InChI is InChI=1S/C18H26N4O2.2ClH/c19-15-5-9-21(10-6-15)17(23)13-1-2-14(4-3-13)18(24)22-11-7-16(20)8-12-22;;/h1-4,15-16H,5-12,19-20H2;2*1H. The van der Waals surface area contributed by atoms with Gasteiger partial charge in [0.25, 0.3) is 11.8 Å². The van der Waals surface area contributed by atoms with Crippen molar-refractivity contribution in [2.45, 2.75) is 37.8 Å². The van der Waals surface area contributed by atoms with Crippen LogP contribution in [0.1, 0.15) is 46.4 Å². The Morgan fingerprint density at radius 3 is 1.23 bits per heavy atom. The molecule has 2 saturated heterocycles. The lowest BCUT2D eigenvalue weighted by Crippen LogP contribution is -2.43. The number of likely N-dealkylation sites (tertiary alicyclic amines) is 2. The quantitative estimate of drug-likeness (QED) is 0.786. The van der Waals surface area contributed by atoms with E-state index in [-0.39, 0.29) is 48.7 Å². The van der Waals surface area contributed by atoms with Gasteiger partial charge < -0.3 is 21.3 Å². The number of nitrogens with two attached hydrogens (primary N) is 2. The van der Waals surface area contributed by atoms with Gasteiger partial charge in [-0.25, -0.2) is 0 Å². The van der Waals surface area contributed by atoms with Crippen LogP contribution in [0.3, 0.4) is 0 Å². The van der Waals surface area contributed by atoms with Crippen molar-refractivity contribution in [1.82, 2.24) is 9.80 Å². The lowest BCUT2D eigenvalue weighted by Gasteiger charge is -2.31. The first-order valence-electron chi connectivity index (χ1n) is 8.74. The van der Waals surface area contributed by atoms with Gasteiger partial charge in [0.15, 0.2) is 0 Å². The molecule has 0 aromatic heterocycles. The Kier molecular flexibility index (Phi) is 8.83. The number of halogens is 2. The number of benzene rings is 1. The van der Waals surface area contributed by atoms with Gasteiger partial charge in [-0.2, -0.15) is 0 Å². The van der Waals surface area contributed by atoms with E-state index in [2.05, 4.69) is 0 Å². The van der Waals surface area contributed by atoms with Crippen LogP contribution in [-0.2, 0) is 0 Å². The first-order chi connectivity index (χ1) is 11.5. The second kappa shape index (κ2) is 10.1. The molecule has 0 aliphatic carbocycles. The van der Waals surface area contributed by atoms with E-state index in [0.717, 1.165) is 25.7 Å². The average molecular weight is 403 g/mol. The molecule has 146 valence electrons. The average Bonchev–Trinajstić information content (AvgIpc) is 2.62. The second-order valence-corrected chi connectivity index (χ2v) is 6.84. The summed E-state index contributed by atoms with van der Waals surface area (Å²) in [5.74, 6) is 0.0368. The fourth-order valence-corrected chi connectivity index (χ4v) is 3.33. The summed E-state index contributed by atoms with van der Waals surface area (Å²) in [7, 11) is 0. The molecule has 26 heavy (non-hydrogen) atoms. The van der Waals surface area contributed by atoms with Crippen LogP contribution < -0.4 is 11.5 Å². The normalized spacial score (nSPS) is 18.7. The summed E-state index contributed by atoms with van der Waals surface area (Å²) >= 11 is 0. The zero-order chi connectivity index (χ0) is 17.1. The van der Waals surface area contributed by atoms with Gasteiger partial charge in [-0.05, 0) is 49.9 Å². The molecule has 8 heteroatoms. The highest BCUT2D eigenvalue weighted by molar-refractivity contribution is 5.98. The summed E-state index contributed by atoms with van der Waals surface area (Å²) in [4.78, 5) is 28.7. The highest BCUT2D eigenvalue weighted by Gasteiger charge is 2.24. The van der Waals surface area contributed by atoms with Crippen LogP contribution in [0.2, 0.25) is 0 Å². The summed E-state index contributed by atoms with van der Waals surface area (Å²) in [6.07, 6.45) is 3.39. The van der Waals surface area contributed by atoms with Crippen LogP contribution in [-0.4, -0.2) is 59.9 Å². The van der Waals surface area contributed by atoms with Crippen LogP contribution in [0.25, 0.3) is 0 Å². The van der Waals surface area contributed by atoms with Gasteiger partial charge in [0.05, 0.1) is 0 Å². The number of amides is 2. The largest absolute Gasteiger partial charge is 0.339 e. The van der Waals surface area contributed by atoms with Gasteiger partial charge in [0, 0.05) is 49.4 Å². The number of carbonyl (C=O) groups is 2. The van der Waals surface area contributed by atoms with Gasteiger partial charge in [0.2, 0.25) is 0 Å². The first-order valence-corrected chi connectivity index (χ1v) is 8.74. The zero-order valence-corrected chi connectivity index (χ0v) is 16.4. The summed E-state index contributed by atoms with van der Waals surface area (Å²) in [5.41, 5.74) is 13.0. The molecule has 2 heterocycles. The molecule has 1 aromatic rings. The molecule has 6 nitrogen and oxygen atoms in total. The van der Waals surface area contributed by atoms with Crippen LogP contribution in [0.5, 0.6) is 0 Å². The third-order valence-corrected chi connectivity index (χ3v) is 5.03. The topological polar surface area (TPSA) is 92.7 Å². The van der Waals surface area contributed by atoms with Crippen LogP contribution in [0.4, 0.5) is 0 Å². The molecule has 1 aromatic carbocycles.